The molecule has 1 heterocycles. The predicted molar refractivity (Wildman–Crippen MR) is 63.8 cm³/mol. The molecule has 0 amide bonds. The molecule has 2 aromatic rings. The van der Waals surface area contributed by atoms with Crippen molar-refractivity contribution in [1.82, 2.24) is 4.98 Å². The number of aromatic amines is 1. The lowest BCUT2D eigenvalue weighted by molar-refractivity contribution is 0.0600. The maximum Gasteiger partial charge on any atom is 0.337 e. The molecule has 2 rings (SSSR count). The number of ether oxygens (including phenoxy) is 1. The topological polar surface area (TPSA) is 59.2 Å². The summed E-state index contributed by atoms with van der Waals surface area (Å²) in [6.45, 7) is 0. The summed E-state index contributed by atoms with van der Waals surface area (Å²) in [5.41, 5.74) is 0.0103. The number of H-pyrrole nitrogens is 1. The van der Waals surface area contributed by atoms with Crippen LogP contribution < -0.4 is 5.56 Å². The van der Waals surface area contributed by atoms with Crippen molar-refractivity contribution in [2.24, 2.45) is 0 Å². The molecule has 1 aromatic heterocycles. The summed E-state index contributed by atoms with van der Waals surface area (Å²) >= 11 is 0. The monoisotopic (exact) mass is 247 g/mol. The molecule has 1 aromatic carbocycles. The summed E-state index contributed by atoms with van der Waals surface area (Å²) in [6, 6.07) is 6.81. The van der Waals surface area contributed by atoms with Crippen molar-refractivity contribution in [3.8, 4) is 11.1 Å². The number of hydrogen-bond acceptors (Lipinski definition) is 3. The van der Waals surface area contributed by atoms with Crippen molar-refractivity contribution >= 4 is 5.97 Å². The van der Waals surface area contributed by atoms with Gasteiger partial charge in [-0.3, -0.25) is 4.79 Å². The number of nitrogens with one attached hydrogen (secondary N) is 1. The van der Waals surface area contributed by atoms with Gasteiger partial charge in [0, 0.05) is 17.3 Å². The number of aromatic nitrogens is 1. The fraction of sp³-hybridized carbons (Fsp3) is 0.0769. The van der Waals surface area contributed by atoms with Crippen LogP contribution in [0, 0.1) is 5.82 Å². The standard InChI is InChI=1S/C13H10FNO3/c1-18-13(17)8-4-5-11(14)10(7-8)9-3-2-6-15-12(9)16/h2-7H,1H3,(H,15,16). The van der Waals surface area contributed by atoms with Crippen molar-refractivity contribution < 1.29 is 13.9 Å². The number of carbonyl (C=O) groups is 1. The maximum atomic E-state index is 13.7. The smallest absolute Gasteiger partial charge is 0.337 e. The van der Waals surface area contributed by atoms with E-state index in [0.717, 1.165) is 6.07 Å². The van der Waals surface area contributed by atoms with Crippen molar-refractivity contribution in [3.05, 3.63) is 58.3 Å². The van der Waals surface area contributed by atoms with Gasteiger partial charge in [-0.05, 0) is 30.3 Å². The van der Waals surface area contributed by atoms with E-state index in [-0.39, 0.29) is 16.7 Å². The minimum atomic E-state index is -0.580. The van der Waals surface area contributed by atoms with Crippen molar-refractivity contribution in [1.29, 1.82) is 0 Å². The molecule has 0 radical (unpaired) electrons. The maximum absolute atomic E-state index is 13.7. The van der Waals surface area contributed by atoms with Crippen molar-refractivity contribution in [2.75, 3.05) is 7.11 Å². The molecule has 18 heavy (non-hydrogen) atoms. The van der Waals surface area contributed by atoms with Crippen molar-refractivity contribution in [2.45, 2.75) is 0 Å². The van der Waals surface area contributed by atoms with Gasteiger partial charge in [-0.2, -0.15) is 0 Å². The zero-order chi connectivity index (χ0) is 13.1. The fourth-order valence-electron chi connectivity index (χ4n) is 1.61. The summed E-state index contributed by atoms with van der Waals surface area (Å²) in [4.78, 5) is 25.4. The van der Waals surface area contributed by atoms with Crippen LogP contribution in [-0.4, -0.2) is 18.1 Å². The van der Waals surface area contributed by atoms with Gasteiger partial charge in [-0.1, -0.05) is 0 Å². The van der Waals surface area contributed by atoms with Crippen LogP contribution in [0.4, 0.5) is 4.39 Å². The summed E-state index contributed by atoms with van der Waals surface area (Å²) in [6.07, 6.45) is 1.45. The van der Waals surface area contributed by atoms with Crippen molar-refractivity contribution in [3.63, 3.8) is 0 Å². The van der Waals surface area contributed by atoms with E-state index in [1.54, 1.807) is 6.07 Å². The van der Waals surface area contributed by atoms with Crippen LogP contribution in [0.15, 0.2) is 41.3 Å². The molecule has 1 N–H and O–H groups in total. The number of hydrogen-bond donors (Lipinski definition) is 1. The summed E-state index contributed by atoms with van der Waals surface area (Å²) in [7, 11) is 1.24. The summed E-state index contributed by atoms with van der Waals surface area (Å²) in [5, 5.41) is 0. The Bertz CT molecular complexity index is 649. The molecule has 0 unspecified atom stereocenters. The molecule has 0 atom stereocenters. The fourth-order valence-corrected chi connectivity index (χ4v) is 1.61. The Kier molecular flexibility index (Phi) is 3.23. The SMILES string of the molecule is COC(=O)c1ccc(F)c(-c2ccc[nH]c2=O)c1. The molecule has 0 saturated carbocycles. The minimum absolute atomic E-state index is 0.0692. The predicted octanol–water partition coefficient (Wildman–Crippen LogP) is 1.97. The highest BCUT2D eigenvalue weighted by atomic mass is 19.1. The van der Waals surface area contributed by atoms with E-state index < -0.39 is 17.3 Å². The average Bonchev–Trinajstić information content (AvgIpc) is 2.39. The first-order valence-corrected chi connectivity index (χ1v) is 5.19. The second-order valence-electron chi connectivity index (χ2n) is 3.60. The molecule has 0 aliphatic rings. The van der Waals surface area contributed by atoms with Gasteiger partial charge in [0.15, 0.2) is 0 Å². The number of methoxy groups -OCH3 is 1. The van der Waals surface area contributed by atoms with Crippen LogP contribution in [0.25, 0.3) is 11.1 Å². The van der Waals surface area contributed by atoms with E-state index in [0.29, 0.717) is 0 Å². The first kappa shape index (κ1) is 12.0. The Hall–Kier alpha value is -2.43. The first-order chi connectivity index (χ1) is 8.63. The van der Waals surface area contributed by atoms with Gasteiger partial charge in [0.2, 0.25) is 0 Å². The zero-order valence-corrected chi connectivity index (χ0v) is 9.57. The van der Waals surface area contributed by atoms with Gasteiger partial charge < -0.3 is 9.72 Å². The number of esters is 1. The van der Waals surface area contributed by atoms with Crippen LogP contribution in [-0.2, 0) is 4.74 Å². The quantitative estimate of drug-likeness (QED) is 0.825. The van der Waals surface area contributed by atoms with Crippen LogP contribution in [0.5, 0.6) is 0 Å². The molecule has 0 bridgehead atoms. The van der Waals surface area contributed by atoms with E-state index in [4.69, 9.17) is 0 Å². The van der Waals surface area contributed by atoms with Crippen LogP contribution >= 0.6 is 0 Å². The van der Waals surface area contributed by atoms with Gasteiger partial charge in [-0.15, -0.1) is 0 Å². The molecular weight excluding hydrogens is 237 g/mol. The largest absolute Gasteiger partial charge is 0.465 e. The second-order valence-corrected chi connectivity index (χ2v) is 3.60. The van der Waals surface area contributed by atoms with E-state index in [2.05, 4.69) is 9.72 Å². The molecule has 4 nitrogen and oxygen atoms in total. The van der Waals surface area contributed by atoms with Gasteiger partial charge in [0.25, 0.3) is 5.56 Å². The lowest BCUT2D eigenvalue weighted by Crippen LogP contribution is -2.09. The van der Waals surface area contributed by atoms with E-state index in [1.807, 2.05) is 0 Å². The van der Waals surface area contributed by atoms with Crippen LogP contribution in [0.2, 0.25) is 0 Å². The number of pyridine rings is 1. The Morgan fingerprint density at radius 3 is 2.72 bits per heavy atom. The molecule has 92 valence electrons. The lowest BCUT2D eigenvalue weighted by atomic mass is 10.0. The summed E-state index contributed by atoms with van der Waals surface area (Å²) < 4.78 is 18.2. The van der Waals surface area contributed by atoms with E-state index in [9.17, 15) is 14.0 Å². The lowest BCUT2D eigenvalue weighted by Gasteiger charge is -2.05. The average molecular weight is 247 g/mol. The third kappa shape index (κ3) is 2.15. The minimum Gasteiger partial charge on any atom is -0.465 e. The van der Waals surface area contributed by atoms with Crippen LogP contribution in [0.1, 0.15) is 10.4 Å². The van der Waals surface area contributed by atoms with Crippen LogP contribution in [0.3, 0.4) is 0 Å². The highest BCUT2D eigenvalue weighted by molar-refractivity contribution is 5.91. The van der Waals surface area contributed by atoms with Gasteiger partial charge >= 0.3 is 5.97 Å². The zero-order valence-electron chi connectivity index (χ0n) is 9.57. The van der Waals surface area contributed by atoms with Gasteiger partial charge in [-0.25, -0.2) is 9.18 Å². The molecule has 5 heteroatoms. The first-order valence-electron chi connectivity index (χ1n) is 5.19. The van der Waals surface area contributed by atoms with E-state index in [1.165, 1.54) is 31.5 Å². The molecule has 0 aliphatic carbocycles. The number of halogens is 1. The summed E-state index contributed by atoms with van der Waals surface area (Å²) in [5.74, 6) is -1.15. The number of rotatable bonds is 2. The molecular formula is C13H10FNO3. The Labute approximate surface area is 102 Å². The second kappa shape index (κ2) is 4.83. The Morgan fingerprint density at radius 1 is 1.28 bits per heavy atom. The Morgan fingerprint density at radius 2 is 2.06 bits per heavy atom. The Balaban J connectivity index is 2.61. The third-order valence-corrected chi connectivity index (χ3v) is 2.50. The third-order valence-electron chi connectivity index (χ3n) is 2.50. The molecule has 0 aliphatic heterocycles. The molecule has 0 spiro atoms. The number of benzene rings is 1. The molecule has 0 fully saturated rings. The van der Waals surface area contributed by atoms with Gasteiger partial charge in [0.1, 0.15) is 5.82 Å². The number of carbonyl (C=O) groups excluding carboxylic acids is 1. The highest BCUT2D eigenvalue weighted by Gasteiger charge is 2.13. The van der Waals surface area contributed by atoms with E-state index >= 15 is 0 Å². The van der Waals surface area contributed by atoms with Gasteiger partial charge in [0.05, 0.1) is 12.7 Å². The highest BCUT2D eigenvalue weighted by Crippen LogP contribution is 2.21. The normalized spacial score (nSPS) is 10.1. The molecule has 0 saturated heterocycles.